The fourth-order valence-electron chi connectivity index (χ4n) is 17.3. The maximum Gasteiger partial charge on any atom is 0.364 e. The van der Waals surface area contributed by atoms with E-state index < -0.39 is 302 Å². The summed E-state index contributed by atoms with van der Waals surface area (Å²) in [6.45, 7) is -0.822. The molecule has 6 aliphatic rings. The van der Waals surface area contributed by atoms with Gasteiger partial charge in [0, 0.05) is 40.0 Å². The van der Waals surface area contributed by atoms with E-state index in [0.29, 0.717) is 12.8 Å². The summed E-state index contributed by atoms with van der Waals surface area (Å²) in [6.07, 6.45) is -29.5. The molecule has 6 fully saturated rings. The molecule has 34 unspecified atom stereocenters. The van der Waals surface area contributed by atoms with E-state index in [2.05, 4.69) is 35.1 Å². The van der Waals surface area contributed by atoms with Crippen molar-refractivity contribution in [3.05, 3.63) is 12.2 Å². The number of nitrogens with one attached hydrogen (secondary N) is 4. The first-order valence-electron chi connectivity index (χ1n) is 46.2. The number of rotatable bonds is 61. The lowest BCUT2D eigenvalue weighted by Crippen LogP contribution is -2.72. The average Bonchev–Trinajstić information content (AvgIpc) is 0.720. The van der Waals surface area contributed by atoms with Crippen LogP contribution < -0.4 is 21.3 Å². The Morgan fingerprint density at radius 1 is 0.403 bits per heavy atom. The number of carbonyl (C=O) groups is 6. The van der Waals surface area contributed by atoms with Crippen molar-refractivity contribution in [3.8, 4) is 0 Å². The van der Waals surface area contributed by atoms with Crippen molar-refractivity contribution < 1.29 is 193 Å². The van der Waals surface area contributed by atoms with Crippen LogP contribution in [0.4, 0.5) is 0 Å². The SMILES string of the molecule is CCCCCCCCCCCCCC=CC(O)C(COC1OC(CO)C(OC2OC(CO)C(OC3OC(CO)C(O)C(OC4OC(CO)C(O)C(OC5(C(=O)O)CC(O)C(NC(C)=O)C(C(O)C(O)CO)O5)C4O)C3NC(C)=O)C(OC3(C(=O)O)CC(O)C(NC(C)=O)C(C(O)C(O)CO)O3)C2O)C(O)C1O)NC(=O)CCCCCCCCCCCCCCCCCCC. The van der Waals surface area contributed by atoms with Crippen LogP contribution in [0.1, 0.15) is 240 Å². The normalized spacial score (nSPS) is 34.8. The first-order chi connectivity index (χ1) is 61.6. The molecule has 0 bridgehead atoms. The zero-order valence-electron chi connectivity index (χ0n) is 74.9. The first-order valence-corrected chi connectivity index (χ1v) is 46.2. The number of allylic oxidation sites excluding steroid dienone is 1. The monoisotopic (exact) mass is 1870 g/mol. The molecular weight excluding hydrogens is 1710 g/mol. The van der Waals surface area contributed by atoms with E-state index in [0.717, 1.165) is 85.0 Å². The highest BCUT2D eigenvalue weighted by molar-refractivity contribution is 5.78. The summed E-state index contributed by atoms with van der Waals surface area (Å²) >= 11 is 0. The molecule has 0 aromatic heterocycles. The number of unbranched alkanes of at least 4 members (excludes halogenated alkanes) is 27. The van der Waals surface area contributed by atoms with Gasteiger partial charge < -0.3 is 185 Å². The Morgan fingerprint density at radius 3 is 1.18 bits per heavy atom. The van der Waals surface area contributed by atoms with E-state index in [1.807, 2.05) is 0 Å². The van der Waals surface area contributed by atoms with Gasteiger partial charge in [0.15, 0.2) is 25.2 Å². The summed E-state index contributed by atoms with van der Waals surface area (Å²) in [5, 5.41) is 247. The molecule has 0 aromatic carbocycles. The second-order valence-corrected chi connectivity index (χ2v) is 35.0. The van der Waals surface area contributed by atoms with Gasteiger partial charge in [0.25, 0.3) is 11.6 Å². The van der Waals surface area contributed by atoms with Crippen LogP contribution in [0.5, 0.6) is 0 Å². The van der Waals surface area contributed by atoms with Crippen molar-refractivity contribution in [1.29, 1.82) is 0 Å². The van der Waals surface area contributed by atoms with E-state index >= 15 is 0 Å². The minimum Gasteiger partial charge on any atom is -0.477 e. The highest BCUT2D eigenvalue weighted by atomic mass is 16.8. The lowest BCUT2D eigenvalue weighted by atomic mass is 9.88. The number of aliphatic carboxylic acids is 2. The summed E-state index contributed by atoms with van der Waals surface area (Å²) in [5.41, 5.74) is 0. The first kappa shape index (κ1) is 113. The molecule has 4 amide bonds. The Kier molecular flexibility index (Phi) is 50.9. The van der Waals surface area contributed by atoms with Crippen molar-refractivity contribution in [2.45, 2.75) is 447 Å². The van der Waals surface area contributed by atoms with Crippen molar-refractivity contribution in [2.24, 2.45) is 0 Å². The molecule has 0 aliphatic carbocycles. The molecule has 34 atom stereocenters. The average molecular weight is 1870 g/mol. The van der Waals surface area contributed by atoms with Crippen LogP contribution in [-0.4, -0.2) is 396 Å². The molecule has 6 saturated heterocycles. The van der Waals surface area contributed by atoms with Crippen molar-refractivity contribution in [3.63, 3.8) is 0 Å². The number of ether oxygens (including phenoxy) is 12. The summed E-state index contributed by atoms with van der Waals surface area (Å²) in [4.78, 5) is 79.6. The largest absolute Gasteiger partial charge is 0.477 e. The van der Waals surface area contributed by atoms with Crippen LogP contribution in [-0.2, 0) is 85.6 Å². The topological polar surface area (TPSA) is 686 Å². The zero-order valence-corrected chi connectivity index (χ0v) is 74.9. The standard InChI is InChI=1S/C86H152N4O39/c1-6-8-10-12-14-16-18-20-21-22-23-25-27-29-31-33-35-37-60(105)90-50(51(100)36-34-32-30-28-26-24-19-17-15-13-11-9-7-2)46-118-80-69(111)68(110)72(58(44-95)121-80)123-82-71(113)78(129-86(84(116)117)39-53(102)62(88-48(4)98)76(127-86)65(107)55(104)41-92)73(59(45-96)122-82)124-79-63(89-49(5)99)74(66(108)56(42-93)119-79)125-81-70(112)77(67(109)57(43-94)120-81)128-85(83(114)115)38-52(101)61(87-47(3)97)75(126-85)64(106)54(103)40-91/h34,36,50-59,61-82,91-96,100-104,106-113H,6-33,35,37-46H2,1-5H3,(H,87,97)(H,88,98)(H,89,99)(H,90,105)(H,114,115)(H,116,117). The highest BCUT2D eigenvalue weighted by Crippen LogP contribution is 2.43. The Labute approximate surface area is 752 Å². The van der Waals surface area contributed by atoms with Gasteiger partial charge in [0.05, 0.1) is 82.7 Å². The minimum absolute atomic E-state index is 0.0955. The fourth-order valence-corrected chi connectivity index (χ4v) is 17.3. The molecule has 0 aromatic rings. The molecule has 750 valence electrons. The zero-order chi connectivity index (χ0) is 95.2. The third-order valence-corrected chi connectivity index (χ3v) is 24.6. The van der Waals surface area contributed by atoms with E-state index in [4.69, 9.17) is 56.8 Å². The third kappa shape index (κ3) is 33.6. The molecule has 0 spiro atoms. The second-order valence-electron chi connectivity index (χ2n) is 35.0. The molecule has 6 rings (SSSR count). The van der Waals surface area contributed by atoms with Gasteiger partial charge in [-0.3, -0.25) is 19.2 Å². The van der Waals surface area contributed by atoms with Gasteiger partial charge in [-0.1, -0.05) is 193 Å². The quantitative estimate of drug-likeness (QED) is 0.0212. The Hall–Kier alpha value is -4.68. The van der Waals surface area contributed by atoms with Crippen LogP contribution in [0.2, 0.25) is 0 Å². The van der Waals surface area contributed by atoms with Gasteiger partial charge >= 0.3 is 11.9 Å². The van der Waals surface area contributed by atoms with Gasteiger partial charge in [-0.2, -0.15) is 0 Å². The molecular formula is C86H152N4O39. The molecule has 43 nitrogen and oxygen atoms in total. The Bertz CT molecular complexity index is 3240. The molecule has 43 heteroatoms. The van der Waals surface area contributed by atoms with Gasteiger partial charge in [-0.25, -0.2) is 9.59 Å². The molecule has 6 heterocycles. The summed E-state index contributed by atoms with van der Waals surface area (Å²) in [5.74, 6) is -14.5. The summed E-state index contributed by atoms with van der Waals surface area (Å²) < 4.78 is 72.4. The number of amides is 4. The molecule has 129 heavy (non-hydrogen) atoms. The van der Waals surface area contributed by atoms with E-state index in [1.54, 1.807) is 6.08 Å². The lowest BCUT2D eigenvalue weighted by Gasteiger charge is -2.53. The number of carboxylic acids is 2. The number of carbonyl (C=O) groups excluding carboxylic acids is 4. The fraction of sp³-hybridized carbons (Fsp3) is 0.907. The van der Waals surface area contributed by atoms with Crippen LogP contribution in [0.3, 0.4) is 0 Å². The highest BCUT2D eigenvalue weighted by Gasteiger charge is 2.64. The van der Waals surface area contributed by atoms with Crippen LogP contribution in [0, 0.1) is 0 Å². The number of carboxylic acid groups (broad SMARTS) is 2. The number of aliphatic hydroxyl groups excluding tert-OH is 19. The minimum atomic E-state index is -3.50. The van der Waals surface area contributed by atoms with Crippen LogP contribution >= 0.6 is 0 Å². The predicted molar refractivity (Wildman–Crippen MR) is 449 cm³/mol. The van der Waals surface area contributed by atoms with E-state index in [9.17, 15) is 136 Å². The molecule has 0 radical (unpaired) electrons. The van der Waals surface area contributed by atoms with Crippen molar-refractivity contribution in [2.75, 3.05) is 46.2 Å². The van der Waals surface area contributed by atoms with Crippen LogP contribution in [0.15, 0.2) is 12.2 Å². The Balaban J connectivity index is 1.29. The molecule has 25 N–H and O–H groups in total. The lowest BCUT2D eigenvalue weighted by molar-refractivity contribution is -0.405. The van der Waals surface area contributed by atoms with Gasteiger partial charge in [0.2, 0.25) is 23.6 Å². The number of hydrogen-bond donors (Lipinski definition) is 25. The van der Waals surface area contributed by atoms with Crippen molar-refractivity contribution >= 4 is 35.6 Å². The van der Waals surface area contributed by atoms with Crippen molar-refractivity contribution in [1.82, 2.24) is 21.3 Å². The van der Waals surface area contributed by atoms with Gasteiger partial charge in [0.1, 0.15) is 134 Å². The number of aliphatic hydroxyl groups is 19. The Morgan fingerprint density at radius 2 is 0.760 bits per heavy atom. The smallest absolute Gasteiger partial charge is 0.364 e. The maximum absolute atomic E-state index is 14.1. The summed E-state index contributed by atoms with van der Waals surface area (Å²) in [7, 11) is 0. The third-order valence-electron chi connectivity index (χ3n) is 24.6. The molecule has 0 saturated carbocycles. The van der Waals surface area contributed by atoms with Gasteiger partial charge in [-0.05, 0) is 19.3 Å². The predicted octanol–water partition coefficient (Wildman–Crippen LogP) is -3.09. The number of hydrogen-bond acceptors (Lipinski definition) is 37. The van der Waals surface area contributed by atoms with Gasteiger partial charge in [-0.15, -0.1) is 0 Å². The second kappa shape index (κ2) is 58.0. The molecule has 6 aliphatic heterocycles. The van der Waals surface area contributed by atoms with E-state index in [1.165, 1.54) is 115 Å². The van der Waals surface area contributed by atoms with E-state index in [-0.39, 0.29) is 6.42 Å². The summed E-state index contributed by atoms with van der Waals surface area (Å²) in [6, 6.07) is -6.94. The maximum atomic E-state index is 14.1. The van der Waals surface area contributed by atoms with Crippen LogP contribution in [0.25, 0.3) is 0 Å².